The summed E-state index contributed by atoms with van der Waals surface area (Å²) in [4.78, 5) is 19.8. The molecule has 2 aromatic carbocycles. The predicted octanol–water partition coefficient (Wildman–Crippen LogP) is 4.58. The highest BCUT2D eigenvalue weighted by molar-refractivity contribution is 6.31. The largest absolute Gasteiger partial charge is 0.378 e. The fourth-order valence-corrected chi connectivity index (χ4v) is 3.67. The number of nitriles is 1. The fraction of sp³-hybridized carbons (Fsp3) is 0.208. The summed E-state index contributed by atoms with van der Waals surface area (Å²) in [6.07, 6.45) is 1.60. The van der Waals surface area contributed by atoms with Crippen molar-refractivity contribution in [2.45, 2.75) is 6.92 Å². The average Bonchev–Trinajstić information content (AvgIpc) is 2.80. The molecule has 0 atom stereocenters. The van der Waals surface area contributed by atoms with E-state index in [0.717, 1.165) is 27.8 Å². The van der Waals surface area contributed by atoms with E-state index in [1.54, 1.807) is 24.3 Å². The van der Waals surface area contributed by atoms with Crippen LogP contribution in [-0.2, 0) is 9.53 Å². The first-order valence-electron chi connectivity index (χ1n) is 9.97. The van der Waals surface area contributed by atoms with Gasteiger partial charge in [-0.25, -0.2) is 4.98 Å². The highest BCUT2D eigenvalue weighted by Crippen LogP contribution is 2.27. The monoisotopic (exact) mass is 432 g/mol. The van der Waals surface area contributed by atoms with Crippen molar-refractivity contribution in [1.82, 2.24) is 4.98 Å². The lowest BCUT2D eigenvalue weighted by molar-refractivity contribution is -0.112. The van der Waals surface area contributed by atoms with Crippen LogP contribution in [0.5, 0.6) is 0 Å². The lowest BCUT2D eigenvalue weighted by atomic mass is 10.1. The predicted molar refractivity (Wildman–Crippen MR) is 123 cm³/mol. The number of anilines is 2. The van der Waals surface area contributed by atoms with Crippen molar-refractivity contribution < 1.29 is 9.53 Å². The van der Waals surface area contributed by atoms with Gasteiger partial charge in [0, 0.05) is 34.7 Å². The number of pyridine rings is 1. The molecule has 7 heteroatoms. The molecule has 1 N–H and O–H groups in total. The summed E-state index contributed by atoms with van der Waals surface area (Å²) in [5.74, 6) is 0.246. The Labute approximate surface area is 185 Å². The van der Waals surface area contributed by atoms with E-state index >= 15 is 0 Å². The Morgan fingerprint density at radius 2 is 2.00 bits per heavy atom. The SMILES string of the molecule is Cc1c(Cl)cccc1NC(=O)/C(C#N)=C/c1cc2ccccc2nc1N1CCOCC1. The molecule has 1 aliphatic rings. The molecule has 1 fully saturated rings. The van der Waals surface area contributed by atoms with Gasteiger partial charge in [-0.3, -0.25) is 4.79 Å². The van der Waals surface area contributed by atoms with Crippen molar-refractivity contribution in [3.05, 3.63) is 70.3 Å². The second-order valence-corrected chi connectivity index (χ2v) is 7.64. The molecule has 4 rings (SSSR count). The van der Waals surface area contributed by atoms with E-state index in [4.69, 9.17) is 21.3 Å². The van der Waals surface area contributed by atoms with Gasteiger partial charge < -0.3 is 15.0 Å². The van der Waals surface area contributed by atoms with Crippen LogP contribution in [0.2, 0.25) is 5.02 Å². The maximum absolute atomic E-state index is 12.9. The fourth-order valence-electron chi connectivity index (χ4n) is 3.49. The number of amides is 1. The van der Waals surface area contributed by atoms with Crippen LogP contribution >= 0.6 is 11.6 Å². The maximum Gasteiger partial charge on any atom is 0.266 e. The van der Waals surface area contributed by atoms with Gasteiger partial charge in [-0.15, -0.1) is 0 Å². The van der Waals surface area contributed by atoms with Crippen molar-refractivity contribution in [2.24, 2.45) is 0 Å². The highest BCUT2D eigenvalue weighted by Gasteiger charge is 2.19. The summed E-state index contributed by atoms with van der Waals surface area (Å²) in [5, 5.41) is 14.0. The number of nitrogens with zero attached hydrogens (tertiary/aromatic N) is 3. The maximum atomic E-state index is 12.9. The van der Waals surface area contributed by atoms with E-state index in [0.29, 0.717) is 37.0 Å². The van der Waals surface area contributed by atoms with Gasteiger partial charge in [0.1, 0.15) is 17.5 Å². The summed E-state index contributed by atoms with van der Waals surface area (Å²) in [6.45, 7) is 4.43. The summed E-state index contributed by atoms with van der Waals surface area (Å²) < 4.78 is 5.46. The molecular formula is C24H21ClN4O2. The molecule has 0 bridgehead atoms. The number of para-hydroxylation sites is 1. The smallest absolute Gasteiger partial charge is 0.266 e. The molecule has 0 saturated carbocycles. The van der Waals surface area contributed by atoms with E-state index in [2.05, 4.69) is 10.2 Å². The van der Waals surface area contributed by atoms with Gasteiger partial charge >= 0.3 is 0 Å². The Hall–Kier alpha value is -3.40. The number of ether oxygens (including phenoxy) is 1. The summed E-state index contributed by atoms with van der Waals surface area (Å²) in [5.41, 5.74) is 2.89. The molecule has 3 aromatic rings. The zero-order valence-corrected chi connectivity index (χ0v) is 17.8. The average molecular weight is 433 g/mol. The van der Waals surface area contributed by atoms with Crippen molar-refractivity contribution in [1.29, 1.82) is 5.26 Å². The number of rotatable bonds is 4. The third kappa shape index (κ3) is 4.53. The first-order chi connectivity index (χ1) is 15.1. The van der Waals surface area contributed by atoms with Gasteiger partial charge in [-0.05, 0) is 42.8 Å². The first-order valence-corrected chi connectivity index (χ1v) is 10.4. The van der Waals surface area contributed by atoms with Crippen LogP contribution in [0.1, 0.15) is 11.1 Å². The Balaban J connectivity index is 1.73. The Morgan fingerprint density at radius 3 is 2.77 bits per heavy atom. The molecule has 0 unspecified atom stereocenters. The minimum Gasteiger partial charge on any atom is -0.378 e. The number of hydrogen-bond donors (Lipinski definition) is 1. The van der Waals surface area contributed by atoms with Crippen LogP contribution in [0.15, 0.2) is 54.1 Å². The van der Waals surface area contributed by atoms with E-state index in [1.165, 1.54) is 0 Å². The normalized spacial score (nSPS) is 14.4. The number of halogens is 1. The third-order valence-electron chi connectivity index (χ3n) is 5.22. The van der Waals surface area contributed by atoms with Gasteiger partial charge in [-0.2, -0.15) is 5.26 Å². The number of fused-ring (bicyclic) bond motifs is 1. The number of carbonyl (C=O) groups excluding carboxylic acids is 1. The molecule has 1 amide bonds. The lowest BCUT2D eigenvalue weighted by Crippen LogP contribution is -2.37. The standard InChI is InChI=1S/C24H21ClN4O2/c1-16-20(25)6-4-8-21(16)28-24(30)19(15-26)14-18-13-17-5-2-3-7-22(17)27-23(18)29-9-11-31-12-10-29/h2-8,13-14H,9-12H2,1H3,(H,28,30)/b19-14+. The van der Waals surface area contributed by atoms with Crippen LogP contribution in [0.25, 0.3) is 17.0 Å². The van der Waals surface area contributed by atoms with Crippen molar-refractivity contribution in [3.8, 4) is 6.07 Å². The van der Waals surface area contributed by atoms with E-state index < -0.39 is 5.91 Å². The molecule has 1 saturated heterocycles. The highest BCUT2D eigenvalue weighted by atomic mass is 35.5. The van der Waals surface area contributed by atoms with Crippen molar-refractivity contribution in [2.75, 3.05) is 36.5 Å². The topological polar surface area (TPSA) is 78.2 Å². The Morgan fingerprint density at radius 1 is 1.23 bits per heavy atom. The first kappa shape index (κ1) is 20.9. The van der Waals surface area contributed by atoms with E-state index in [1.807, 2.05) is 43.3 Å². The quantitative estimate of drug-likeness (QED) is 0.482. The summed E-state index contributed by atoms with van der Waals surface area (Å²) in [7, 11) is 0. The second kappa shape index (κ2) is 9.17. The van der Waals surface area contributed by atoms with Gasteiger partial charge in [0.2, 0.25) is 0 Å². The van der Waals surface area contributed by atoms with Gasteiger partial charge in [0.15, 0.2) is 0 Å². The Bertz CT molecular complexity index is 1210. The van der Waals surface area contributed by atoms with Gasteiger partial charge in [0.05, 0.1) is 18.7 Å². The molecule has 0 aliphatic carbocycles. The summed E-state index contributed by atoms with van der Waals surface area (Å²) >= 11 is 6.15. The number of hydrogen-bond acceptors (Lipinski definition) is 5. The number of aromatic nitrogens is 1. The molecule has 31 heavy (non-hydrogen) atoms. The van der Waals surface area contributed by atoms with Crippen molar-refractivity contribution in [3.63, 3.8) is 0 Å². The van der Waals surface area contributed by atoms with Crippen molar-refractivity contribution >= 4 is 46.0 Å². The Kier molecular flexibility index (Phi) is 6.17. The van der Waals surface area contributed by atoms with E-state index in [9.17, 15) is 10.1 Å². The van der Waals surface area contributed by atoms with Crippen LogP contribution in [-0.4, -0.2) is 37.2 Å². The molecule has 6 nitrogen and oxygen atoms in total. The molecule has 0 radical (unpaired) electrons. The zero-order chi connectivity index (χ0) is 21.8. The minimum atomic E-state index is -0.492. The molecule has 0 spiro atoms. The molecule has 2 heterocycles. The van der Waals surface area contributed by atoms with Crippen LogP contribution in [0.4, 0.5) is 11.5 Å². The molecule has 1 aliphatic heterocycles. The third-order valence-corrected chi connectivity index (χ3v) is 5.63. The summed E-state index contributed by atoms with van der Waals surface area (Å²) in [6, 6.07) is 17.0. The number of morpholine rings is 1. The van der Waals surface area contributed by atoms with E-state index in [-0.39, 0.29) is 5.57 Å². The van der Waals surface area contributed by atoms with Crippen LogP contribution < -0.4 is 10.2 Å². The van der Waals surface area contributed by atoms with Crippen LogP contribution in [0.3, 0.4) is 0 Å². The minimum absolute atomic E-state index is 0.00836. The molecular weight excluding hydrogens is 412 g/mol. The van der Waals surface area contributed by atoms with Gasteiger partial charge in [0.25, 0.3) is 5.91 Å². The number of nitrogens with one attached hydrogen (secondary N) is 1. The zero-order valence-electron chi connectivity index (χ0n) is 17.1. The number of benzene rings is 2. The van der Waals surface area contributed by atoms with Crippen LogP contribution in [0, 0.1) is 18.3 Å². The molecule has 1 aromatic heterocycles. The molecule has 156 valence electrons. The lowest BCUT2D eigenvalue weighted by Gasteiger charge is -2.29. The number of carbonyl (C=O) groups is 1. The second-order valence-electron chi connectivity index (χ2n) is 7.23. The van der Waals surface area contributed by atoms with Gasteiger partial charge in [-0.1, -0.05) is 35.9 Å².